The van der Waals surface area contributed by atoms with E-state index in [4.69, 9.17) is 5.73 Å². The Labute approximate surface area is 118 Å². The molecule has 3 N–H and O–H groups in total. The van der Waals surface area contributed by atoms with Gasteiger partial charge in [-0.3, -0.25) is 4.79 Å². The molecule has 5 heteroatoms. The first-order chi connectivity index (χ1) is 9.16. The van der Waals surface area contributed by atoms with Crippen LogP contribution in [0.5, 0.6) is 0 Å². The van der Waals surface area contributed by atoms with E-state index in [9.17, 15) is 4.79 Å². The molecule has 0 bridgehead atoms. The first kappa shape index (κ1) is 14.2. The molecule has 4 nitrogen and oxygen atoms in total. The van der Waals surface area contributed by atoms with Crippen molar-refractivity contribution in [3.8, 4) is 0 Å². The number of carbonyl (C=O) groups excluding carboxylic acids is 1. The van der Waals surface area contributed by atoms with Crippen LogP contribution >= 0.6 is 11.8 Å². The molecular weight excluding hydrogens is 258 g/mol. The van der Waals surface area contributed by atoms with Gasteiger partial charge in [0.2, 0.25) is 5.91 Å². The van der Waals surface area contributed by atoms with Gasteiger partial charge in [-0.05, 0) is 43.7 Å². The van der Waals surface area contributed by atoms with Crippen LogP contribution in [0.15, 0.2) is 23.1 Å². The third kappa shape index (κ3) is 4.14. The number of rotatable bonds is 3. The van der Waals surface area contributed by atoms with E-state index in [0.717, 1.165) is 48.7 Å². The maximum Gasteiger partial charge on any atom is 0.232 e. The van der Waals surface area contributed by atoms with Crippen LogP contribution in [0.4, 0.5) is 5.69 Å². The van der Waals surface area contributed by atoms with Gasteiger partial charge in [-0.15, -0.1) is 11.8 Å². The van der Waals surface area contributed by atoms with Crippen molar-refractivity contribution in [2.45, 2.75) is 18.2 Å². The standard InChI is InChI=1S/C14H21N3OS/c1-11-9-12(15)3-4-13(11)19-10-14(18)17-7-2-5-16-6-8-17/h3-4,9,16H,2,5-8,10,15H2,1H3. The number of benzene rings is 1. The van der Waals surface area contributed by atoms with E-state index < -0.39 is 0 Å². The smallest absolute Gasteiger partial charge is 0.232 e. The van der Waals surface area contributed by atoms with Crippen molar-refractivity contribution in [3.63, 3.8) is 0 Å². The van der Waals surface area contributed by atoms with Gasteiger partial charge in [-0.2, -0.15) is 0 Å². The van der Waals surface area contributed by atoms with E-state index in [2.05, 4.69) is 5.32 Å². The molecule has 0 saturated carbocycles. The molecule has 0 aliphatic carbocycles. The summed E-state index contributed by atoms with van der Waals surface area (Å²) in [5, 5.41) is 3.31. The Balaban J connectivity index is 1.88. The lowest BCUT2D eigenvalue weighted by Gasteiger charge is -2.19. The second-order valence-corrected chi connectivity index (χ2v) is 5.82. The first-order valence-electron chi connectivity index (χ1n) is 6.64. The molecule has 0 radical (unpaired) electrons. The van der Waals surface area contributed by atoms with Crippen molar-refractivity contribution >= 4 is 23.4 Å². The van der Waals surface area contributed by atoms with E-state index >= 15 is 0 Å². The summed E-state index contributed by atoms with van der Waals surface area (Å²) in [5.41, 5.74) is 7.63. The summed E-state index contributed by atoms with van der Waals surface area (Å²) < 4.78 is 0. The highest BCUT2D eigenvalue weighted by Crippen LogP contribution is 2.24. The SMILES string of the molecule is Cc1cc(N)ccc1SCC(=O)N1CCCNCC1. The number of anilines is 1. The summed E-state index contributed by atoms with van der Waals surface area (Å²) in [6.45, 7) is 5.62. The molecule has 1 saturated heterocycles. The zero-order chi connectivity index (χ0) is 13.7. The molecule has 1 aliphatic rings. The Morgan fingerprint density at radius 3 is 3.05 bits per heavy atom. The zero-order valence-electron chi connectivity index (χ0n) is 11.3. The van der Waals surface area contributed by atoms with Crippen molar-refractivity contribution in [2.75, 3.05) is 37.7 Å². The van der Waals surface area contributed by atoms with Gasteiger partial charge in [0.05, 0.1) is 5.75 Å². The quantitative estimate of drug-likeness (QED) is 0.650. The van der Waals surface area contributed by atoms with Crippen LogP contribution in [0.3, 0.4) is 0 Å². The monoisotopic (exact) mass is 279 g/mol. The van der Waals surface area contributed by atoms with Crippen molar-refractivity contribution in [1.29, 1.82) is 0 Å². The topological polar surface area (TPSA) is 58.4 Å². The zero-order valence-corrected chi connectivity index (χ0v) is 12.1. The van der Waals surface area contributed by atoms with Crippen molar-refractivity contribution in [1.82, 2.24) is 10.2 Å². The second kappa shape index (κ2) is 6.82. The van der Waals surface area contributed by atoms with Crippen molar-refractivity contribution < 1.29 is 4.79 Å². The van der Waals surface area contributed by atoms with Crippen LogP contribution in [0.25, 0.3) is 0 Å². The largest absolute Gasteiger partial charge is 0.399 e. The summed E-state index contributed by atoms with van der Waals surface area (Å²) in [7, 11) is 0. The van der Waals surface area contributed by atoms with Gasteiger partial charge in [0.1, 0.15) is 0 Å². The molecule has 2 rings (SSSR count). The number of nitrogens with two attached hydrogens (primary N) is 1. The van der Waals surface area contributed by atoms with Gasteiger partial charge >= 0.3 is 0 Å². The first-order valence-corrected chi connectivity index (χ1v) is 7.63. The molecule has 1 heterocycles. The lowest BCUT2D eigenvalue weighted by atomic mass is 10.2. The summed E-state index contributed by atoms with van der Waals surface area (Å²) in [6, 6.07) is 5.82. The number of hydrogen-bond donors (Lipinski definition) is 2. The van der Waals surface area contributed by atoms with Gasteiger partial charge in [0, 0.05) is 30.2 Å². The molecule has 0 aromatic heterocycles. The van der Waals surface area contributed by atoms with E-state index in [-0.39, 0.29) is 5.91 Å². The fourth-order valence-electron chi connectivity index (χ4n) is 2.16. The van der Waals surface area contributed by atoms with E-state index in [0.29, 0.717) is 5.75 Å². The molecule has 0 spiro atoms. The minimum Gasteiger partial charge on any atom is -0.399 e. The fraction of sp³-hybridized carbons (Fsp3) is 0.500. The predicted octanol–water partition coefficient (Wildman–Crippen LogP) is 1.49. The van der Waals surface area contributed by atoms with Crippen molar-refractivity contribution in [2.24, 2.45) is 0 Å². The summed E-state index contributed by atoms with van der Waals surface area (Å²) in [4.78, 5) is 15.2. The summed E-state index contributed by atoms with van der Waals surface area (Å²) in [6.07, 6.45) is 1.04. The Bertz CT molecular complexity index is 442. The molecule has 1 fully saturated rings. The van der Waals surface area contributed by atoms with Gasteiger partial charge < -0.3 is 16.0 Å². The molecule has 1 aromatic carbocycles. The lowest BCUT2D eigenvalue weighted by molar-refractivity contribution is -0.128. The maximum absolute atomic E-state index is 12.2. The molecular formula is C14H21N3OS. The number of hydrogen-bond acceptors (Lipinski definition) is 4. The predicted molar refractivity (Wildman–Crippen MR) is 80.4 cm³/mol. The number of amides is 1. The third-order valence-corrected chi connectivity index (χ3v) is 4.40. The number of carbonyl (C=O) groups is 1. The average molecular weight is 279 g/mol. The second-order valence-electron chi connectivity index (χ2n) is 4.80. The number of nitrogen functional groups attached to an aromatic ring is 1. The third-order valence-electron chi connectivity index (χ3n) is 3.24. The maximum atomic E-state index is 12.2. The Morgan fingerprint density at radius 1 is 1.42 bits per heavy atom. The minimum atomic E-state index is 0.227. The van der Waals surface area contributed by atoms with Crippen LogP contribution in [-0.4, -0.2) is 42.7 Å². The van der Waals surface area contributed by atoms with Crippen LogP contribution in [0, 0.1) is 6.92 Å². The van der Waals surface area contributed by atoms with Crippen LogP contribution in [0.1, 0.15) is 12.0 Å². The molecule has 1 amide bonds. The highest BCUT2D eigenvalue weighted by molar-refractivity contribution is 8.00. The summed E-state index contributed by atoms with van der Waals surface area (Å²) in [5.74, 6) is 0.732. The summed E-state index contributed by atoms with van der Waals surface area (Å²) >= 11 is 1.60. The molecule has 1 aliphatic heterocycles. The molecule has 104 valence electrons. The lowest BCUT2D eigenvalue weighted by Crippen LogP contribution is -2.35. The fourth-order valence-corrected chi connectivity index (χ4v) is 3.07. The van der Waals surface area contributed by atoms with Crippen LogP contribution in [-0.2, 0) is 4.79 Å². The van der Waals surface area contributed by atoms with Gasteiger partial charge in [0.15, 0.2) is 0 Å². The molecule has 1 aromatic rings. The number of nitrogens with zero attached hydrogens (tertiary/aromatic N) is 1. The number of thioether (sulfide) groups is 1. The number of nitrogens with one attached hydrogen (secondary N) is 1. The van der Waals surface area contributed by atoms with E-state index in [1.54, 1.807) is 11.8 Å². The highest BCUT2D eigenvalue weighted by Gasteiger charge is 2.15. The van der Waals surface area contributed by atoms with Gasteiger partial charge in [0.25, 0.3) is 0 Å². The molecule has 0 unspecified atom stereocenters. The Hall–Kier alpha value is -1.20. The number of aryl methyl sites for hydroxylation is 1. The minimum absolute atomic E-state index is 0.227. The Kier molecular flexibility index (Phi) is 5.10. The van der Waals surface area contributed by atoms with E-state index in [1.807, 2.05) is 30.0 Å². The van der Waals surface area contributed by atoms with Crippen LogP contribution < -0.4 is 11.1 Å². The van der Waals surface area contributed by atoms with Crippen LogP contribution in [0.2, 0.25) is 0 Å². The average Bonchev–Trinajstić information content (AvgIpc) is 2.66. The normalized spacial score (nSPS) is 16.2. The molecule has 0 atom stereocenters. The van der Waals surface area contributed by atoms with Gasteiger partial charge in [-0.25, -0.2) is 0 Å². The molecule has 19 heavy (non-hydrogen) atoms. The highest BCUT2D eigenvalue weighted by atomic mass is 32.2. The Morgan fingerprint density at radius 2 is 2.26 bits per heavy atom. The van der Waals surface area contributed by atoms with E-state index in [1.165, 1.54) is 0 Å². The van der Waals surface area contributed by atoms with Crippen molar-refractivity contribution in [3.05, 3.63) is 23.8 Å². The van der Waals surface area contributed by atoms with Gasteiger partial charge in [-0.1, -0.05) is 0 Å².